The molecule has 11 heteroatoms. The topological polar surface area (TPSA) is 111 Å². The maximum absolute atomic E-state index is 13.0. The molecule has 1 amide bonds. The second-order valence-corrected chi connectivity index (χ2v) is 8.00. The Morgan fingerprint density at radius 2 is 1.74 bits per heavy atom. The van der Waals surface area contributed by atoms with Crippen molar-refractivity contribution in [1.82, 2.24) is 19.7 Å². The van der Waals surface area contributed by atoms with E-state index in [0.29, 0.717) is 28.7 Å². The van der Waals surface area contributed by atoms with Gasteiger partial charge in [-0.1, -0.05) is 12.1 Å². The van der Waals surface area contributed by atoms with Gasteiger partial charge in [-0.3, -0.25) is 4.79 Å². The smallest absolute Gasteiger partial charge is 0.368 e. The van der Waals surface area contributed by atoms with Crippen LogP contribution in [0.5, 0.6) is 0 Å². The Kier molecular flexibility index (Phi) is 6.16. The first-order chi connectivity index (χ1) is 16.5. The summed E-state index contributed by atoms with van der Waals surface area (Å²) in [6.07, 6.45) is -4.54. The second kappa shape index (κ2) is 9.09. The number of hydrogen-bond acceptors (Lipinski definition) is 6. The van der Waals surface area contributed by atoms with Gasteiger partial charge in [0.2, 0.25) is 5.95 Å². The second-order valence-electron chi connectivity index (χ2n) is 8.00. The number of aryl methyl sites for hydroxylation is 3. The number of benzene rings is 2. The van der Waals surface area contributed by atoms with Crippen LogP contribution in [0.15, 0.2) is 54.6 Å². The molecule has 2 heterocycles. The van der Waals surface area contributed by atoms with Crippen molar-refractivity contribution in [3.8, 4) is 5.82 Å². The maximum atomic E-state index is 13.0. The van der Waals surface area contributed by atoms with Crippen molar-refractivity contribution in [3.05, 3.63) is 82.7 Å². The van der Waals surface area contributed by atoms with Crippen LogP contribution in [-0.4, -0.2) is 25.7 Å². The zero-order valence-corrected chi connectivity index (χ0v) is 19.1. The number of alkyl halides is 3. The lowest BCUT2D eigenvalue weighted by Crippen LogP contribution is -2.14. The van der Waals surface area contributed by atoms with Crippen LogP contribution in [0.1, 0.15) is 32.9 Å². The molecule has 180 valence electrons. The Bertz CT molecular complexity index is 1390. The van der Waals surface area contributed by atoms with Crippen LogP contribution in [-0.2, 0) is 6.18 Å². The van der Waals surface area contributed by atoms with E-state index in [9.17, 15) is 18.0 Å². The van der Waals surface area contributed by atoms with Gasteiger partial charge >= 0.3 is 6.18 Å². The molecule has 35 heavy (non-hydrogen) atoms. The third kappa shape index (κ3) is 5.40. The van der Waals surface area contributed by atoms with Crippen molar-refractivity contribution < 1.29 is 18.0 Å². The minimum atomic E-state index is -4.54. The molecule has 2 aromatic heterocycles. The highest BCUT2D eigenvalue weighted by Crippen LogP contribution is 2.30. The van der Waals surface area contributed by atoms with E-state index >= 15 is 0 Å². The molecule has 0 saturated carbocycles. The zero-order valence-electron chi connectivity index (χ0n) is 19.1. The molecule has 0 fully saturated rings. The number of hydrogen-bond donors (Lipinski definition) is 3. The first-order valence-corrected chi connectivity index (χ1v) is 10.5. The molecule has 0 atom stereocenters. The van der Waals surface area contributed by atoms with Gasteiger partial charge in [-0.25, -0.2) is 4.98 Å². The summed E-state index contributed by atoms with van der Waals surface area (Å²) in [7, 11) is 0. The van der Waals surface area contributed by atoms with E-state index in [1.54, 1.807) is 35.9 Å². The summed E-state index contributed by atoms with van der Waals surface area (Å²) in [4.78, 5) is 20.9. The average molecular weight is 481 g/mol. The first kappa shape index (κ1) is 23.7. The first-order valence-electron chi connectivity index (χ1n) is 10.5. The lowest BCUT2D eigenvalue weighted by Gasteiger charge is -2.14. The van der Waals surface area contributed by atoms with E-state index in [1.807, 2.05) is 19.9 Å². The van der Waals surface area contributed by atoms with E-state index in [0.717, 1.165) is 23.4 Å². The van der Waals surface area contributed by atoms with Gasteiger partial charge in [0.25, 0.3) is 5.91 Å². The fourth-order valence-electron chi connectivity index (χ4n) is 3.46. The summed E-state index contributed by atoms with van der Waals surface area (Å²) in [5.74, 6) is 0.551. The molecule has 0 spiro atoms. The Morgan fingerprint density at radius 3 is 2.46 bits per heavy atom. The highest BCUT2D eigenvalue weighted by atomic mass is 19.4. The quantitative estimate of drug-likeness (QED) is 0.362. The minimum absolute atomic E-state index is 0.0969. The molecule has 8 nitrogen and oxygen atoms in total. The van der Waals surface area contributed by atoms with E-state index in [2.05, 4.69) is 25.7 Å². The van der Waals surface area contributed by atoms with Crippen LogP contribution in [0.2, 0.25) is 0 Å². The number of amides is 1. The zero-order chi connectivity index (χ0) is 25.3. The standard InChI is InChI=1S/C24H22F3N7O/c1-13-7-8-18(30-22(35)16-5-4-6-17(11-16)24(25,26)27)12-19(13)31-20-10-15(3)33-34(20)21-9-14(2)29-23(28)32-21/h4-12,31H,1-3H3,(H,30,35)(H2,28,29,32). The number of carbonyl (C=O) groups is 1. The number of aromatic nitrogens is 4. The highest BCUT2D eigenvalue weighted by Gasteiger charge is 2.30. The van der Waals surface area contributed by atoms with E-state index in [1.165, 1.54) is 12.1 Å². The number of nitrogens with zero attached hydrogens (tertiary/aromatic N) is 4. The molecule has 0 aliphatic heterocycles. The molecule has 0 aliphatic rings. The number of nitrogen functional groups attached to an aromatic ring is 1. The number of nitrogens with two attached hydrogens (primary N) is 1. The molecule has 4 aromatic rings. The van der Waals surface area contributed by atoms with Gasteiger partial charge in [0.05, 0.1) is 11.3 Å². The van der Waals surface area contributed by atoms with Gasteiger partial charge in [0, 0.05) is 34.8 Å². The molecule has 0 aliphatic carbocycles. The van der Waals surface area contributed by atoms with Crippen LogP contribution in [0.3, 0.4) is 0 Å². The Labute approximate surface area is 199 Å². The molecule has 4 rings (SSSR count). The largest absolute Gasteiger partial charge is 0.416 e. The number of anilines is 4. The monoisotopic (exact) mass is 481 g/mol. The van der Waals surface area contributed by atoms with Crippen molar-refractivity contribution in [3.63, 3.8) is 0 Å². The van der Waals surface area contributed by atoms with Crippen LogP contribution in [0.25, 0.3) is 5.82 Å². The Morgan fingerprint density at radius 1 is 0.971 bits per heavy atom. The lowest BCUT2D eigenvalue weighted by molar-refractivity contribution is -0.137. The maximum Gasteiger partial charge on any atom is 0.416 e. The summed E-state index contributed by atoms with van der Waals surface area (Å²) in [5, 5.41) is 10.4. The molecule has 0 saturated heterocycles. The Hall–Kier alpha value is -4.41. The normalized spacial score (nSPS) is 11.4. The van der Waals surface area contributed by atoms with Crippen molar-refractivity contribution in [2.24, 2.45) is 0 Å². The molecular weight excluding hydrogens is 459 g/mol. The highest BCUT2D eigenvalue weighted by molar-refractivity contribution is 6.04. The summed E-state index contributed by atoms with van der Waals surface area (Å²) in [6, 6.07) is 13.0. The van der Waals surface area contributed by atoms with Gasteiger partial charge in [-0.15, -0.1) is 0 Å². The lowest BCUT2D eigenvalue weighted by atomic mass is 10.1. The third-order valence-electron chi connectivity index (χ3n) is 5.12. The van der Waals surface area contributed by atoms with Crippen molar-refractivity contribution >= 4 is 29.0 Å². The van der Waals surface area contributed by atoms with Gasteiger partial charge in [0.1, 0.15) is 5.82 Å². The van der Waals surface area contributed by atoms with Crippen molar-refractivity contribution in [2.45, 2.75) is 26.9 Å². The number of halogens is 3. The number of nitrogens with one attached hydrogen (secondary N) is 2. The molecule has 0 unspecified atom stereocenters. The summed E-state index contributed by atoms with van der Waals surface area (Å²) in [5.41, 5.74) is 8.15. The van der Waals surface area contributed by atoms with E-state index in [4.69, 9.17) is 5.73 Å². The molecular formula is C24H22F3N7O. The predicted molar refractivity (Wildman–Crippen MR) is 127 cm³/mol. The molecule has 4 N–H and O–H groups in total. The van der Waals surface area contributed by atoms with Crippen molar-refractivity contribution in [1.29, 1.82) is 0 Å². The predicted octanol–water partition coefficient (Wildman–Crippen LogP) is 5.18. The minimum Gasteiger partial charge on any atom is -0.368 e. The fourth-order valence-corrected chi connectivity index (χ4v) is 3.46. The Balaban J connectivity index is 1.60. The van der Waals surface area contributed by atoms with Gasteiger partial charge < -0.3 is 16.4 Å². The van der Waals surface area contributed by atoms with Crippen LogP contribution in [0.4, 0.5) is 36.3 Å². The third-order valence-corrected chi connectivity index (χ3v) is 5.12. The van der Waals surface area contributed by atoms with Gasteiger partial charge in [-0.05, 0) is 56.7 Å². The molecule has 0 bridgehead atoms. The summed E-state index contributed by atoms with van der Waals surface area (Å²) >= 11 is 0. The SMILES string of the molecule is Cc1cc(-n2nc(C)cc2Nc2cc(NC(=O)c3cccc(C(F)(F)F)c3)ccc2C)nc(N)n1. The molecule has 2 aromatic carbocycles. The summed E-state index contributed by atoms with van der Waals surface area (Å²) < 4.78 is 40.6. The van der Waals surface area contributed by atoms with Crippen LogP contribution >= 0.6 is 0 Å². The summed E-state index contributed by atoms with van der Waals surface area (Å²) in [6.45, 7) is 5.50. The van der Waals surface area contributed by atoms with Gasteiger partial charge in [0.15, 0.2) is 5.82 Å². The molecule has 0 radical (unpaired) electrons. The fraction of sp³-hybridized carbons (Fsp3) is 0.167. The van der Waals surface area contributed by atoms with Gasteiger partial charge in [-0.2, -0.15) is 27.9 Å². The number of rotatable bonds is 5. The van der Waals surface area contributed by atoms with E-state index in [-0.39, 0.29) is 11.5 Å². The van der Waals surface area contributed by atoms with Crippen LogP contribution < -0.4 is 16.4 Å². The average Bonchev–Trinajstić information content (AvgIpc) is 3.15. The number of carbonyl (C=O) groups excluding carboxylic acids is 1. The van der Waals surface area contributed by atoms with E-state index < -0.39 is 17.6 Å². The van der Waals surface area contributed by atoms with Crippen LogP contribution in [0, 0.1) is 20.8 Å². The van der Waals surface area contributed by atoms with Crippen molar-refractivity contribution in [2.75, 3.05) is 16.4 Å².